The molecule has 5 unspecified atom stereocenters. The van der Waals surface area contributed by atoms with Crippen LogP contribution in [0, 0.1) is 5.92 Å². The number of ether oxygens (including phenoxy) is 2. The molecule has 7 atom stereocenters. The summed E-state index contributed by atoms with van der Waals surface area (Å²) in [5.41, 5.74) is 12.3. The number of aliphatic hydroxyl groups is 1. The molecule has 0 saturated carbocycles. The molecule has 64 heavy (non-hydrogen) atoms. The van der Waals surface area contributed by atoms with Crippen molar-refractivity contribution in [1.29, 1.82) is 0 Å². The highest BCUT2D eigenvalue weighted by Crippen LogP contribution is 2.26. The van der Waals surface area contributed by atoms with Crippen LogP contribution in [-0.4, -0.2) is 188 Å². The molecule has 10 N–H and O–H groups in total. The number of primary amides is 1. The maximum absolute atomic E-state index is 14.0. The van der Waals surface area contributed by atoms with Gasteiger partial charge in [-0.15, -0.1) is 0 Å². The lowest BCUT2D eigenvalue weighted by atomic mass is 9.99. The lowest BCUT2D eigenvalue weighted by Crippen LogP contribution is -2.58. The Morgan fingerprint density at radius 3 is 2.11 bits per heavy atom. The van der Waals surface area contributed by atoms with Crippen LogP contribution in [0.5, 0.6) is 0 Å². The molecule has 2 fully saturated rings. The molecule has 22 heteroatoms. The second kappa shape index (κ2) is 27.5. The molecule has 3 rings (SSSR count). The van der Waals surface area contributed by atoms with E-state index in [1.54, 1.807) is 19.0 Å². The van der Waals surface area contributed by atoms with Gasteiger partial charge in [-0.2, -0.15) is 12.6 Å². The zero-order valence-electron chi connectivity index (χ0n) is 37.3. The number of nitrogens with one attached hydrogen (secondary N) is 5. The number of benzene rings is 1. The average molecular weight is 921 g/mol. The third-order valence-electron chi connectivity index (χ3n) is 10.6. The molecule has 2 heterocycles. The van der Waals surface area contributed by atoms with Gasteiger partial charge in [-0.25, -0.2) is 0 Å². The fourth-order valence-electron chi connectivity index (χ4n) is 7.36. The van der Waals surface area contributed by atoms with Crippen molar-refractivity contribution in [3.63, 3.8) is 0 Å². The maximum Gasteiger partial charge on any atom is 0.251 e. The molecular weight excluding hydrogens is 853 g/mol. The highest BCUT2D eigenvalue weighted by molar-refractivity contribution is 7.80. The van der Waals surface area contributed by atoms with Crippen LogP contribution in [0.4, 0.5) is 0 Å². The van der Waals surface area contributed by atoms with Crippen molar-refractivity contribution in [1.82, 2.24) is 41.3 Å². The normalized spacial score (nSPS) is 18.5. The minimum Gasteiger partial charge on any atom is -0.382 e. The number of likely N-dealkylation sites (N-methyl/N-ethyl adjacent to an activating group) is 1. The first kappa shape index (κ1) is 53.5. The number of nitrogens with zero attached hydrogens (tertiary/aromatic N) is 3. The van der Waals surface area contributed by atoms with Gasteiger partial charge < -0.3 is 67.3 Å². The summed E-state index contributed by atoms with van der Waals surface area (Å²) in [6.07, 6.45) is 0.993. The number of aliphatic hydroxyl groups excluding tert-OH is 1. The molecule has 2 aliphatic heterocycles. The molecule has 21 nitrogen and oxygen atoms in total. The third kappa shape index (κ3) is 17.6. The van der Waals surface area contributed by atoms with E-state index in [0.717, 1.165) is 5.56 Å². The minimum absolute atomic E-state index is 0.00234. The van der Waals surface area contributed by atoms with Crippen molar-refractivity contribution < 1.29 is 52.9 Å². The van der Waals surface area contributed by atoms with E-state index >= 15 is 0 Å². The minimum atomic E-state index is -1.56. The predicted octanol–water partition coefficient (Wildman–Crippen LogP) is -3.36. The number of hydrogen-bond donors (Lipinski definition) is 9. The number of likely N-dealkylation sites (tertiary alicyclic amines) is 2. The summed E-state index contributed by atoms with van der Waals surface area (Å²) in [6.45, 7) is 4.13. The second-order valence-electron chi connectivity index (χ2n) is 16.6. The predicted molar refractivity (Wildman–Crippen MR) is 238 cm³/mol. The topological polar surface area (TPSA) is 297 Å². The second-order valence-corrected chi connectivity index (χ2v) is 17.0. The molecule has 2 saturated heterocycles. The SMILES string of the molecule is CC(C)CC(NC(=O)[C@H](O)[C@@H](N)Cc1ccccc1)C(=O)N1CCCC1C(=O)N1CCCC1C(=O)NCCOCCOCC(=O)NCC(NC(=O)CN(C)C)C(=O)NC(CS)C(N)=O. The van der Waals surface area contributed by atoms with Gasteiger partial charge >= 0.3 is 0 Å². The largest absolute Gasteiger partial charge is 0.382 e. The number of rotatable bonds is 27. The first-order chi connectivity index (χ1) is 30.4. The van der Waals surface area contributed by atoms with Gasteiger partial charge in [0.15, 0.2) is 0 Å². The Kier molecular flexibility index (Phi) is 22.9. The average Bonchev–Trinajstić information content (AvgIpc) is 3.95. The molecule has 1 aromatic carbocycles. The molecule has 0 aromatic heterocycles. The van der Waals surface area contributed by atoms with Gasteiger partial charge in [0.2, 0.25) is 41.4 Å². The van der Waals surface area contributed by atoms with Crippen LogP contribution in [0.25, 0.3) is 0 Å². The Labute approximate surface area is 380 Å². The van der Waals surface area contributed by atoms with E-state index in [1.165, 1.54) is 9.80 Å². The maximum atomic E-state index is 14.0. The smallest absolute Gasteiger partial charge is 0.251 e. The molecule has 0 radical (unpaired) electrons. The van der Waals surface area contributed by atoms with E-state index in [0.29, 0.717) is 38.8 Å². The monoisotopic (exact) mass is 920 g/mol. The standard InChI is InChI=1S/C42H68N10O11S/c1-26(2)20-29(48-40(59)36(55)28(43)21-27-10-6-5-7-11-27)41(60)52-16-9-13-33(52)42(61)51-15-8-12-32(51)39(58)45-14-17-62-18-19-63-24-35(54)46-22-30(47-34(53)23-50(3)4)38(57)49-31(25-64)37(44)56/h5-7,10-11,26,28-33,36,55,64H,8-9,12-25,43H2,1-4H3,(H2,44,56)(H,45,58)(H,46,54)(H,47,53)(H,48,59)(H,49,57)/t28-,29?,30?,31?,32?,33?,36+/m0/s1. The highest BCUT2D eigenvalue weighted by atomic mass is 32.1. The van der Waals surface area contributed by atoms with Gasteiger partial charge in [0, 0.05) is 38.0 Å². The highest BCUT2D eigenvalue weighted by Gasteiger charge is 2.44. The summed E-state index contributed by atoms with van der Waals surface area (Å²) in [4.78, 5) is 108. The quantitative estimate of drug-likeness (QED) is 0.0308. The van der Waals surface area contributed by atoms with Crippen molar-refractivity contribution in [2.24, 2.45) is 17.4 Å². The van der Waals surface area contributed by atoms with Crippen molar-refractivity contribution in [3.8, 4) is 0 Å². The van der Waals surface area contributed by atoms with Crippen LogP contribution < -0.4 is 38.1 Å². The van der Waals surface area contributed by atoms with Crippen LogP contribution in [0.3, 0.4) is 0 Å². The molecule has 0 spiro atoms. The first-order valence-corrected chi connectivity index (χ1v) is 22.3. The van der Waals surface area contributed by atoms with Gasteiger partial charge in [0.05, 0.1) is 26.4 Å². The fraction of sp³-hybridized carbons (Fsp3) is 0.667. The number of thiol groups is 1. The summed E-state index contributed by atoms with van der Waals surface area (Å²) >= 11 is 4.00. The van der Waals surface area contributed by atoms with E-state index in [9.17, 15) is 43.5 Å². The van der Waals surface area contributed by atoms with Crippen molar-refractivity contribution in [2.75, 3.05) is 79.0 Å². The molecular formula is C42H68N10O11S. The van der Waals surface area contributed by atoms with E-state index in [4.69, 9.17) is 20.9 Å². The molecule has 358 valence electrons. The third-order valence-corrected chi connectivity index (χ3v) is 10.9. The number of hydrogen-bond acceptors (Lipinski definition) is 14. The Bertz CT molecular complexity index is 1730. The van der Waals surface area contributed by atoms with Crippen molar-refractivity contribution in [3.05, 3.63) is 35.9 Å². The summed E-state index contributed by atoms with van der Waals surface area (Å²) in [5.74, 6) is -4.55. The van der Waals surface area contributed by atoms with Gasteiger partial charge in [-0.05, 0) is 64.1 Å². The summed E-state index contributed by atoms with van der Waals surface area (Å²) in [6, 6.07) is 3.48. The summed E-state index contributed by atoms with van der Waals surface area (Å²) < 4.78 is 10.9. The molecule has 1 aromatic rings. The van der Waals surface area contributed by atoms with Crippen LogP contribution in [-0.2, 0) is 54.3 Å². The van der Waals surface area contributed by atoms with E-state index in [2.05, 4.69) is 39.2 Å². The Balaban J connectivity index is 1.42. The van der Waals surface area contributed by atoms with Gasteiger partial charge in [-0.1, -0.05) is 44.2 Å². The first-order valence-electron chi connectivity index (χ1n) is 21.7. The van der Waals surface area contributed by atoms with E-state index in [1.807, 2.05) is 44.2 Å². The summed E-state index contributed by atoms with van der Waals surface area (Å²) in [7, 11) is 3.33. The molecule has 2 aliphatic rings. The lowest BCUT2D eigenvalue weighted by molar-refractivity contribution is -0.148. The van der Waals surface area contributed by atoms with Crippen LogP contribution in [0.15, 0.2) is 30.3 Å². The van der Waals surface area contributed by atoms with Gasteiger partial charge in [0.25, 0.3) is 5.91 Å². The molecule has 0 aliphatic carbocycles. The number of carbonyl (C=O) groups is 8. The lowest BCUT2D eigenvalue weighted by Gasteiger charge is -2.33. The number of amides is 8. The van der Waals surface area contributed by atoms with Gasteiger partial charge in [0.1, 0.15) is 42.9 Å². The Morgan fingerprint density at radius 1 is 0.828 bits per heavy atom. The Morgan fingerprint density at radius 2 is 1.47 bits per heavy atom. The van der Waals surface area contributed by atoms with Crippen LogP contribution in [0.1, 0.15) is 51.5 Å². The number of carbonyl (C=O) groups excluding carboxylic acids is 8. The fourth-order valence-corrected chi connectivity index (χ4v) is 7.63. The number of nitrogens with two attached hydrogens (primary N) is 2. The van der Waals surface area contributed by atoms with Gasteiger partial charge in [-0.3, -0.25) is 38.4 Å². The molecule has 0 bridgehead atoms. The zero-order valence-corrected chi connectivity index (χ0v) is 38.2. The summed E-state index contributed by atoms with van der Waals surface area (Å²) in [5, 5.41) is 23.7. The van der Waals surface area contributed by atoms with E-state index in [-0.39, 0.29) is 82.4 Å². The van der Waals surface area contributed by atoms with Crippen LogP contribution in [0.2, 0.25) is 0 Å². The molecule has 8 amide bonds. The van der Waals surface area contributed by atoms with Crippen LogP contribution >= 0.6 is 12.6 Å². The van der Waals surface area contributed by atoms with E-state index < -0.39 is 77.8 Å². The van der Waals surface area contributed by atoms with Crippen molar-refractivity contribution in [2.45, 2.75) is 94.7 Å². The zero-order chi connectivity index (χ0) is 47.3. The Hall–Kier alpha value is -4.87. The van der Waals surface area contributed by atoms with Crippen molar-refractivity contribution >= 4 is 59.9 Å².